The van der Waals surface area contributed by atoms with Gasteiger partial charge in [-0.1, -0.05) is 23.4 Å². The summed E-state index contributed by atoms with van der Waals surface area (Å²) in [4.78, 5) is 1.48. The van der Waals surface area contributed by atoms with Gasteiger partial charge in [0.05, 0.1) is 0 Å². The van der Waals surface area contributed by atoms with E-state index in [2.05, 4.69) is 0 Å². The molecule has 0 spiro atoms. The monoisotopic (exact) mass is 224 g/mol. The number of thioether (sulfide) groups is 1. The lowest BCUT2D eigenvalue weighted by atomic mass is 10.4. The maximum absolute atomic E-state index is 8.78. The second-order valence-corrected chi connectivity index (χ2v) is 4.20. The molecule has 4 heteroatoms. The van der Waals surface area contributed by atoms with Crippen LogP contribution in [-0.2, 0) is 0 Å². The number of rotatable bonds is 2. The van der Waals surface area contributed by atoms with Gasteiger partial charge in [-0.25, -0.2) is 0 Å². The van der Waals surface area contributed by atoms with Crippen LogP contribution in [0.15, 0.2) is 39.8 Å². The summed E-state index contributed by atoms with van der Waals surface area (Å²) >= 11 is 7.07. The molecule has 2 nitrogen and oxygen atoms in total. The normalized spacial score (nSPS) is 11.8. The minimum Gasteiger partial charge on any atom is -0.401 e. The van der Waals surface area contributed by atoms with Gasteiger partial charge in [-0.15, -0.1) is 0 Å². The average Bonchev–Trinajstić information content (AvgIpc) is 2.16. The summed E-state index contributed by atoms with van der Waals surface area (Å²) in [6.45, 7) is 1.71. The number of halogens is 1. The Morgan fingerprint density at radius 1 is 1.43 bits per heavy atom. The topological polar surface area (TPSA) is 49.8 Å². The van der Waals surface area contributed by atoms with Crippen molar-refractivity contribution in [2.75, 3.05) is 0 Å². The van der Waals surface area contributed by atoms with Crippen LogP contribution in [0.25, 0.3) is 0 Å². The molecule has 1 rings (SSSR count). The van der Waals surface area contributed by atoms with Crippen molar-refractivity contribution in [3.05, 3.63) is 39.9 Å². The van der Waals surface area contributed by atoms with E-state index < -0.39 is 0 Å². The predicted octanol–water partition coefficient (Wildman–Crippen LogP) is 3.15. The molecule has 0 aliphatic rings. The maximum atomic E-state index is 8.78. The molecule has 72 valence electrons. The first kappa shape index (κ1) is 11.0. The summed E-state index contributed by atoms with van der Waals surface area (Å²) in [7, 11) is 0. The lowest BCUT2D eigenvalue weighted by Gasteiger charge is -2.00. The molecule has 0 heterocycles. The van der Waals surface area contributed by atoms with Crippen molar-refractivity contribution in [1.29, 1.82) is 5.26 Å². The molecule has 0 amide bonds. The van der Waals surface area contributed by atoms with Crippen LogP contribution in [0, 0.1) is 11.3 Å². The standard InChI is InChI=1S/C10H9ClN2S/c1-7(13)10(6-12)14-9-4-2-8(11)3-5-9/h2-5H,13H2,1H3/b10-7-. The molecule has 0 aromatic heterocycles. The zero-order chi connectivity index (χ0) is 10.6. The van der Waals surface area contributed by atoms with E-state index >= 15 is 0 Å². The zero-order valence-electron chi connectivity index (χ0n) is 7.62. The number of hydrogen-bond donors (Lipinski definition) is 1. The lowest BCUT2D eigenvalue weighted by Crippen LogP contribution is -1.93. The average molecular weight is 225 g/mol. The molecule has 1 aromatic rings. The molecule has 14 heavy (non-hydrogen) atoms. The van der Waals surface area contributed by atoms with Crippen LogP contribution < -0.4 is 5.73 Å². The van der Waals surface area contributed by atoms with Crippen molar-refractivity contribution in [1.82, 2.24) is 0 Å². The van der Waals surface area contributed by atoms with Crippen molar-refractivity contribution in [3.63, 3.8) is 0 Å². The Hall–Kier alpha value is -1.11. The van der Waals surface area contributed by atoms with Crippen LogP contribution >= 0.6 is 23.4 Å². The fraction of sp³-hybridized carbons (Fsp3) is 0.100. The molecule has 0 atom stereocenters. The quantitative estimate of drug-likeness (QED) is 0.620. The minimum absolute atomic E-state index is 0.521. The highest BCUT2D eigenvalue weighted by molar-refractivity contribution is 8.03. The Morgan fingerprint density at radius 3 is 2.43 bits per heavy atom. The highest BCUT2D eigenvalue weighted by atomic mass is 35.5. The number of nitrogens with two attached hydrogens (primary N) is 1. The predicted molar refractivity (Wildman–Crippen MR) is 59.8 cm³/mol. The second-order valence-electron chi connectivity index (χ2n) is 2.68. The van der Waals surface area contributed by atoms with Gasteiger partial charge in [0.1, 0.15) is 11.0 Å². The van der Waals surface area contributed by atoms with Gasteiger partial charge in [0, 0.05) is 15.6 Å². The van der Waals surface area contributed by atoms with E-state index in [1.54, 1.807) is 19.1 Å². The summed E-state index contributed by atoms with van der Waals surface area (Å²) in [5, 5.41) is 9.46. The smallest absolute Gasteiger partial charge is 0.108 e. The first-order valence-electron chi connectivity index (χ1n) is 3.93. The third-order valence-electron chi connectivity index (χ3n) is 1.49. The van der Waals surface area contributed by atoms with Crippen molar-refractivity contribution in [3.8, 4) is 6.07 Å². The number of benzene rings is 1. The number of nitriles is 1. The number of hydrogen-bond acceptors (Lipinski definition) is 3. The van der Waals surface area contributed by atoms with Crippen LogP contribution in [0.5, 0.6) is 0 Å². The van der Waals surface area contributed by atoms with Crippen LogP contribution in [0.3, 0.4) is 0 Å². The summed E-state index contributed by atoms with van der Waals surface area (Å²) in [5.74, 6) is 0. The van der Waals surface area contributed by atoms with Gasteiger partial charge in [0.25, 0.3) is 0 Å². The first-order valence-corrected chi connectivity index (χ1v) is 5.13. The third-order valence-corrected chi connectivity index (χ3v) is 2.87. The number of allylic oxidation sites excluding steroid dienone is 2. The van der Waals surface area contributed by atoms with E-state index in [9.17, 15) is 0 Å². The fourth-order valence-corrected chi connectivity index (χ4v) is 1.65. The molecule has 0 aliphatic carbocycles. The molecule has 0 fully saturated rings. The van der Waals surface area contributed by atoms with Crippen LogP contribution in [0.4, 0.5) is 0 Å². The SMILES string of the molecule is C/C(N)=C(\C#N)Sc1ccc(Cl)cc1. The van der Waals surface area contributed by atoms with Gasteiger partial charge >= 0.3 is 0 Å². The summed E-state index contributed by atoms with van der Waals surface area (Å²) in [5.41, 5.74) is 6.07. The van der Waals surface area contributed by atoms with Gasteiger partial charge in [-0.05, 0) is 31.2 Å². The molecule has 0 saturated heterocycles. The van der Waals surface area contributed by atoms with E-state index in [0.29, 0.717) is 15.6 Å². The molecular formula is C10H9ClN2S. The molecule has 2 N–H and O–H groups in total. The van der Waals surface area contributed by atoms with E-state index in [0.717, 1.165) is 4.90 Å². The van der Waals surface area contributed by atoms with Gasteiger partial charge in [0.2, 0.25) is 0 Å². The van der Waals surface area contributed by atoms with E-state index in [-0.39, 0.29) is 0 Å². The highest BCUT2D eigenvalue weighted by Gasteiger charge is 2.01. The van der Waals surface area contributed by atoms with Crippen molar-refractivity contribution >= 4 is 23.4 Å². The Labute approximate surface area is 92.4 Å². The highest BCUT2D eigenvalue weighted by Crippen LogP contribution is 2.27. The van der Waals surface area contributed by atoms with E-state index in [4.69, 9.17) is 22.6 Å². The zero-order valence-corrected chi connectivity index (χ0v) is 9.19. The largest absolute Gasteiger partial charge is 0.401 e. The molecule has 0 radical (unpaired) electrons. The van der Waals surface area contributed by atoms with Crippen molar-refractivity contribution in [2.45, 2.75) is 11.8 Å². The van der Waals surface area contributed by atoms with E-state index in [1.165, 1.54) is 11.8 Å². The summed E-state index contributed by atoms with van der Waals surface area (Å²) in [6, 6.07) is 9.32. The molecule has 0 bridgehead atoms. The first-order chi connectivity index (χ1) is 6.63. The molecule has 0 aliphatic heterocycles. The third kappa shape index (κ3) is 2.99. The fourth-order valence-electron chi connectivity index (χ4n) is 0.812. The minimum atomic E-state index is 0.521. The molecule has 0 saturated carbocycles. The lowest BCUT2D eigenvalue weighted by molar-refractivity contribution is 1.30. The Balaban J connectivity index is 2.85. The van der Waals surface area contributed by atoms with Gasteiger partial charge in [-0.2, -0.15) is 5.26 Å². The Morgan fingerprint density at radius 2 is 2.00 bits per heavy atom. The van der Waals surface area contributed by atoms with Gasteiger partial charge < -0.3 is 5.73 Å². The second kappa shape index (κ2) is 4.94. The van der Waals surface area contributed by atoms with Crippen LogP contribution in [-0.4, -0.2) is 0 Å². The summed E-state index contributed by atoms with van der Waals surface area (Å²) in [6.07, 6.45) is 0. The van der Waals surface area contributed by atoms with Crippen molar-refractivity contribution in [2.24, 2.45) is 5.73 Å². The maximum Gasteiger partial charge on any atom is 0.108 e. The van der Waals surface area contributed by atoms with Gasteiger partial charge in [-0.3, -0.25) is 0 Å². The molecule has 0 unspecified atom stereocenters. The van der Waals surface area contributed by atoms with Crippen LogP contribution in [0.1, 0.15) is 6.92 Å². The van der Waals surface area contributed by atoms with Crippen LogP contribution in [0.2, 0.25) is 5.02 Å². The van der Waals surface area contributed by atoms with Gasteiger partial charge in [0.15, 0.2) is 0 Å². The van der Waals surface area contributed by atoms with E-state index in [1.807, 2.05) is 18.2 Å². The molecular weight excluding hydrogens is 216 g/mol. The summed E-state index contributed by atoms with van der Waals surface area (Å²) < 4.78 is 0. The number of nitrogens with zero attached hydrogens (tertiary/aromatic N) is 1. The molecule has 1 aromatic carbocycles. The Kier molecular flexibility index (Phi) is 3.87. The van der Waals surface area contributed by atoms with Crippen molar-refractivity contribution < 1.29 is 0 Å². The Bertz CT molecular complexity index is 386.